The van der Waals surface area contributed by atoms with E-state index in [1.165, 1.54) is 4.90 Å². The van der Waals surface area contributed by atoms with Crippen molar-refractivity contribution in [3.8, 4) is 0 Å². The summed E-state index contributed by atoms with van der Waals surface area (Å²) in [5.74, 6) is -0.344. The molecule has 2 rings (SSSR count). The zero-order valence-electron chi connectivity index (χ0n) is 10.9. The standard InChI is InChI=1S/C13H14ClN3O2/c1-15(2)8-11-12(18)17(13(19)16(11)3)10-6-4-9(14)5-7-10/h4-8H,1-3H3. The lowest BCUT2D eigenvalue weighted by Crippen LogP contribution is -2.31. The van der Waals surface area contributed by atoms with E-state index in [0.29, 0.717) is 16.4 Å². The van der Waals surface area contributed by atoms with Crippen LogP contribution in [0.5, 0.6) is 0 Å². The van der Waals surface area contributed by atoms with E-state index >= 15 is 0 Å². The van der Waals surface area contributed by atoms with Crippen LogP contribution >= 0.6 is 11.6 Å². The van der Waals surface area contributed by atoms with E-state index in [2.05, 4.69) is 0 Å². The summed E-state index contributed by atoms with van der Waals surface area (Å²) in [5.41, 5.74) is 0.846. The average Bonchev–Trinajstić information content (AvgIpc) is 2.55. The molecule has 0 bridgehead atoms. The predicted molar refractivity (Wildman–Crippen MR) is 73.9 cm³/mol. The number of hydrogen-bond acceptors (Lipinski definition) is 3. The highest BCUT2D eigenvalue weighted by Gasteiger charge is 2.39. The van der Waals surface area contributed by atoms with E-state index in [1.807, 2.05) is 0 Å². The first-order valence-electron chi connectivity index (χ1n) is 5.68. The van der Waals surface area contributed by atoms with Gasteiger partial charge in [-0.25, -0.2) is 9.69 Å². The minimum Gasteiger partial charge on any atom is -0.382 e. The van der Waals surface area contributed by atoms with Crippen LogP contribution < -0.4 is 4.90 Å². The lowest BCUT2D eigenvalue weighted by atomic mass is 10.3. The van der Waals surface area contributed by atoms with E-state index < -0.39 is 0 Å². The molecule has 100 valence electrons. The Morgan fingerprint density at radius 3 is 2.26 bits per heavy atom. The molecule has 1 saturated heterocycles. The topological polar surface area (TPSA) is 43.9 Å². The lowest BCUT2D eigenvalue weighted by Gasteiger charge is -2.13. The normalized spacial score (nSPS) is 17.6. The summed E-state index contributed by atoms with van der Waals surface area (Å²) >= 11 is 5.80. The minimum atomic E-state index is -0.375. The highest BCUT2D eigenvalue weighted by molar-refractivity contribution is 6.31. The van der Waals surface area contributed by atoms with E-state index in [1.54, 1.807) is 56.5 Å². The number of hydrogen-bond donors (Lipinski definition) is 0. The molecule has 0 aromatic heterocycles. The van der Waals surface area contributed by atoms with Crippen LogP contribution in [0.25, 0.3) is 0 Å². The third-order valence-corrected chi connectivity index (χ3v) is 2.98. The maximum absolute atomic E-state index is 12.3. The third-order valence-electron chi connectivity index (χ3n) is 2.73. The summed E-state index contributed by atoms with van der Waals surface area (Å²) in [5, 5.41) is 0.556. The quantitative estimate of drug-likeness (QED) is 0.615. The molecule has 1 aliphatic rings. The molecule has 5 nitrogen and oxygen atoms in total. The van der Waals surface area contributed by atoms with Crippen molar-refractivity contribution >= 4 is 29.2 Å². The number of anilines is 1. The molecule has 0 spiro atoms. The van der Waals surface area contributed by atoms with E-state index in [9.17, 15) is 9.59 Å². The van der Waals surface area contributed by atoms with Crippen LogP contribution in [0.15, 0.2) is 36.2 Å². The summed E-state index contributed by atoms with van der Waals surface area (Å²) in [6, 6.07) is 6.20. The SMILES string of the molecule is CN(C)C=C1C(=O)N(c2ccc(Cl)cc2)C(=O)N1C. The molecule has 1 aromatic carbocycles. The van der Waals surface area contributed by atoms with Gasteiger partial charge in [-0.05, 0) is 24.3 Å². The number of likely N-dealkylation sites (N-methyl/N-ethyl adjacent to an activating group) is 1. The van der Waals surface area contributed by atoms with Gasteiger partial charge in [0.05, 0.1) is 5.69 Å². The molecule has 1 aromatic rings. The number of rotatable bonds is 2. The van der Waals surface area contributed by atoms with Crippen molar-refractivity contribution in [1.29, 1.82) is 0 Å². The molecule has 6 heteroatoms. The Balaban J connectivity index is 2.40. The largest absolute Gasteiger partial charge is 0.382 e. The average molecular weight is 280 g/mol. The first kappa shape index (κ1) is 13.4. The summed E-state index contributed by atoms with van der Waals surface area (Å²) in [6.45, 7) is 0. The Hall–Kier alpha value is -2.01. The van der Waals surface area contributed by atoms with Gasteiger partial charge in [0.15, 0.2) is 0 Å². The number of benzene rings is 1. The molecular weight excluding hydrogens is 266 g/mol. The van der Waals surface area contributed by atoms with Gasteiger partial charge in [0, 0.05) is 32.4 Å². The molecule has 19 heavy (non-hydrogen) atoms. The van der Waals surface area contributed by atoms with Crippen LogP contribution in [0.2, 0.25) is 5.02 Å². The molecule has 1 fully saturated rings. The highest BCUT2D eigenvalue weighted by Crippen LogP contribution is 2.27. The third kappa shape index (κ3) is 2.42. The number of carbonyl (C=O) groups excluding carboxylic acids is 2. The zero-order valence-corrected chi connectivity index (χ0v) is 11.7. The van der Waals surface area contributed by atoms with E-state index in [-0.39, 0.29) is 11.9 Å². The summed E-state index contributed by atoms with van der Waals surface area (Å²) in [6.07, 6.45) is 1.62. The first-order chi connectivity index (χ1) is 8.91. The number of nitrogens with zero attached hydrogens (tertiary/aromatic N) is 3. The van der Waals surface area contributed by atoms with Gasteiger partial charge in [0.2, 0.25) is 0 Å². The van der Waals surface area contributed by atoms with Crippen LogP contribution in [0.1, 0.15) is 0 Å². The molecule has 0 saturated carbocycles. The van der Waals surface area contributed by atoms with Gasteiger partial charge < -0.3 is 4.90 Å². The van der Waals surface area contributed by atoms with Gasteiger partial charge in [0.25, 0.3) is 5.91 Å². The zero-order chi connectivity index (χ0) is 14.2. The monoisotopic (exact) mass is 279 g/mol. The number of carbonyl (C=O) groups is 2. The number of amides is 3. The first-order valence-corrected chi connectivity index (χ1v) is 6.05. The molecule has 1 aliphatic heterocycles. The second-order valence-electron chi connectivity index (χ2n) is 4.44. The molecule has 0 atom stereocenters. The highest BCUT2D eigenvalue weighted by atomic mass is 35.5. The van der Waals surface area contributed by atoms with Crippen LogP contribution in [0.3, 0.4) is 0 Å². The predicted octanol–water partition coefficient (Wildman–Crippen LogP) is 2.14. The summed E-state index contributed by atoms with van der Waals surface area (Å²) in [4.78, 5) is 28.6. The van der Waals surface area contributed by atoms with E-state index in [4.69, 9.17) is 11.6 Å². The smallest absolute Gasteiger partial charge is 0.336 e. The van der Waals surface area contributed by atoms with Crippen molar-refractivity contribution in [2.45, 2.75) is 0 Å². The van der Waals surface area contributed by atoms with Crippen molar-refractivity contribution < 1.29 is 9.59 Å². The molecule has 3 amide bonds. The van der Waals surface area contributed by atoms with Crippen LogP contribution in [0.4, 0.5) is 10.5 Å². The summed E-state index contributed by atoms with van der Waals surface area (Å²) < 4.78 is 0. The van der Waals surface area contributed by atoms with Crippen molar-refractivity contribution in [2.24, 2.45) is 0 Å². The van der Waals surface area contributed by atoms with Gasteiger partial charge in [-0.15, -0.1) is 0 Å². The molecule has 0 aliphatic carbocycles. The maximum Gasteiger partial charge on any atom is 0.336 e. The van der Waals surface area contributed by atoms with Gasteiger partial charge in [-0.2, -0.15) is 0 Å². The molecular formula is C13H14ClN3O2. The second-order valence-corrected chi connectivity index (χ2v) is 4.87. The van der Waals surface area contributed by atoms with Crippen molar-refractivity contribution in [1.82, 2.24) is 9.80 Å². The summed E-state index contributed by atoms with van der Waals surface area (Å²) in [7, 11) is 5.17. The number of urea groups is 1. The Morgan fingerprint density at radius 1 is 1.16 bits per heavy atom. The number of imide groups is 1. The molecule has 0 radical (unpaired) electrons. The van der Waals surface area contributed by atoms with Crippen LogP contribution in [0, 0.1) is 0 Å². The van der Waals surface area contributed by atoms with Gasteiger partial charge in [-0.1, -0.05) is 11.6 Å². The molecule has 1 heterocycles. The fourth-order valence-electron chi connectivity index (χ4n) is 1.80. The van der Waals surface area contributed by atoms with Crippen LogP contribution in [-0.2, 0) is 4.79 Å². The van der Waals surface area contributed by atoms with E-state index in [0.717, 1.165) is 4.90 Å². The number of halogens is 1. The van der Waals surface area contributed by atoms with Crippen molar-refractivity contribution in [3.05, 3.63) is 41.2 Å². The maximum atomic E-state index is 12.3. The fraction of sp³-hybridized carbons (Fsp3) is 0.231. The van der Waals surface area contributed by atoms with Gasteiger partial charge in [-0.3, -0.25) is 9.69 Å². The lowest BCUT2D eigenvalue weighted by molar-refractivity contribution is -0.114. The van der Waals surface area contributed by atoms with Crippen molar-refractivity contribution in [2.75, 3.05) is 26.0 Å². The van der Waals surface area contributed by atoms with Gasteiger partial charge >= 0.3 is 6.03 Å². The Kier molecular flexibility index (Phi) is 3.48. The minimum absolute atomic E-state index is 0.338. The Labute approximate surface area is 116 Å². The Morgan fingerprint density at radius 2 is 1.74 bits per heavy atom. The van der Waals surface area contributed by atoms with Gasteiger partial charge in [0.1, 0.15) is 5.70 Å². The van der Waals surface area contributed by atoms with Crippen molar-refractivity contribution in [3.63, 3.8) is 0 Å². The second kappa shape index (κ2) is 4.93. The molecule has 0 N–H and O–H groups in total. The fourth-order valence-corrected chi connectivity index (χ4v) is 1.93. The Bertz CT molecular complexity index is 552. The van der Waals surface area contributed by atoms with Crippen LogP contribution in [-0.4, -0.2) is 42.9 Å². The molecule has 0 unspecified atom stereocenters.